The molecule has 19 heavy (non-hydrogen) atoms. The summed E-state index contributed by atoms with van der Waals surface area (Å²) in [6.07, 6.45) is 7.90. The molecule has 2 aliphatic carbocycles. The average molecular weight is 267 g/mol. The zero-order valence-corrected chi connectivity index (χ0v) is 11.7. The van der Waals surface area contributed by atoms with Crippen LogP contribution in [0.3, 0.4) is 0 Å². The summed E-state index contributed by atoms with van der Waals surface area (Å²) >= 11 is 0. The Balaban J connectivity index is 1.95. The fourth-order valence-electron chi connectivity index (χ4n) is 3.56. The first-order chi connectivity index (χ1) is 9.09. The minimum Gasteiger partial charge on any atom is -0.481 e. The van der Waals surface area contributed by atoms with Crippen molar-refractivity contribution >= 4 is 11.9 Å². The van der Waals surface area contributed by atoms with Gasteiger partial charge >= 0.3 is 5.97 Å². The Bertz CT molecular complexity index is 342. The zero-order valence-electron chi connectivity index (χ0n) is 11.7. The van der Waals surface area contributed by atoms with Gasteiger partial charge in [0.25, 0.3) is 0 Å². The molecule has 0 heterocycles. The highest BCUT2D eigenvalue weighted by Gasteiger charge is 2.37. The summed E-state index contributed by atoms with van der Waals surface area (Å²) in [5, 5.41) is 12.4. The molecule has 2 fully saturated rings. The van der Waals surface area contributed by atoms with Gasteiger partial charge in [-0.25, -0.2) is 0 Å². The van der Waals surface area contributed by atoms with Crippen molar-refractivity contribution in [1.82, 2.24) is 5.32 Å². The Labute approximate surface area is 115 Å². The SMILES string of the molecule is C[C@@H]1CCCC[C@H]1NC(=O)[C@@H]1CCCC[C@@H]1C(=O)O. The monoisotopic (exact) mass is 267 g/mol. The van der Waals surface area contributed by atoms with Crippen LogP contribution in [0.5, 0.6) is 0 Å². The summed E-state index contributed by atoms with van der Waals surface area (Å²) in [6, 6.07) is 0.248. The average Bonchev–Trinajstić information content (AvgIpc) is 2.41. The molecule has 4 nitrogen and oxygen atoms in total. The van der Waals surface area contributed by atoms with Crippen molar-refractivity contribution in [3.63, 3.8) is 0 Å². The fourth-order valence-corrected chi connectivity index (χ4v) is 3.56. The van der Waals surface area contributed by atoms with Gasteiger partial charge in [0.1, 0.15) is 0 Å². The molecule has 4 heteroatoms. The van der Waals surface area contributed by atoms with Crippen molar-refractivity contribution in [3.05, 3.63) is 0 Å². The molecule has 2 rings (SSSR count). The molecule has 0 saturated heterocycles. The maximum absolute atomic E-state index is 12.4. The van der Waals surface area contributed by atoms with E-state index in [4.69, 9.17) is 0 Å². The van der Waals surface area contributed by atoms with Gasteiger partial charge in [-0.3, -0.25) is 9.59 Å². The minimum atomic E-state index is -0.809. The molecule has 2 saturated carbocycles. The molecule has 0 spiro atoms. The number of carbonyl (C=O) groups excluding carboxylic acids is 1. The summed E-state index contributed by atoms with van der Waals surface area (Å²) in [6.45, 7) is 2.18. The number of carbonyl (C=O) groups is 2. The minimum absolute atomic E-state index is 0.0224. The number of carboxylic acid groups (broad SMARTS) is 1. The molecule has 4 atom stereocenters. The van der Waals surface area contributed by atoms with E-state index in [2.05, 4.69) is 12.2 Å². The van der Waals surface area contributed by atoms with Crippen molar-refractivity contribution in [2.24, 2.45) is 17.8 Å². The van der Waals surface area contributed by atoms with E-state index in [1.165, 1.54) is 12.8 Å². The van der Waals surface area contributed by atoms with Crippen LogP contribution in [0.4, 0.5) is 0 Å². The maximum atomic E-state index is 12.4. The summed E-state index contributed by atoms with van der Waals surface area (Å²) in [4.78, 5) is 23.6. The Morgan fingerprint density at radius 1 is 0.947 bits per heavy atom. The lowest BCUT2D eigenvalue weighted by atomic mass is 9.78. The van der Waals surface area contributed by atoms with E-state index in [9.17, 15) is 14.7 Å². The molecule has 108 valence electrons. The lowest BCUT2D eigenvalue weighted by Crippen LogP contribution is -2.47. The molecular formula is C15H25NO3. The van der Waals surface area contributed by atoms with Crippen LogP contribution >= 0.6 is 0 Å². The van der Waals surface area contributed by atoms with Crippen LogP contribution in [-0.4, -0.2) is 23.0 Å². The van der Waals surface area contributed by atoms with Crippen LogP contribution in [-0.2, 0) is 9.59 Å². The van der Waals surface area contributed by atoms with Crippen LogP contribution < -0.4 is 5.32 Å². The van der Waals surface area contributed by atoms with Gasteiger partial charge in [-0.15, -0.1) is 0 Å². The highest BCUT2D eigenvalue weighted by Crippen LogP contribution is 2.31. The van der Waals surface area contributed by atoms with Gasteiger partial charge in [-0.2, -0.15) is 0 Å². The van der Waals surface area contributed by atoms with Crippen LogP contribution in [0.1, 0.15) is 58.3 Å². The van der Waals surface area contributed by atoms with Crippen molar-refractivity contribution in [3.8, 4) is 0 Å². The second-order valence-corrected chi connectivity index (χ2v) is 6.21. The Kier molecular flexibility index (Phi) is 4.83. The van der Waals surface area contributed by atoms with Gasteiger partial charge in [0.15, 0.2) is 0 Å². The van der Waals surface area contributed by atoms with E-state index < -0.39 is 11.9 Å². The van der Waals surface area contributed by atoms with Crippen molar-refractivity contribution in [2.75, 3.05) is 0 Å². The molecule has 0 aromatic heterocycles. The van der Waals surface area contributed by atoms with Crippen molar-refractivity contribution < 1.29 is 14.7 Å². The molecule has 0 aromatic rings. The predicted octanol–water partition coefficient (Wildman–Crippen LogP) is 2.57. The van der Waals surface area contributed by atoms with Crippen LogP contribution in [0.15, 0.2) is 0 Å². The topological polar surface area (TPSA) is 66.4 Å². The predicted molar refractivity (Wildman–Crippen MR) is 72.6 cm³/mol. The number of rotatable bonds is 3. The molecule has 0 aliphatic heterocycles. The molecule has 0 radical (unpaired) electrons. The number of hydrogen-bond donors (Lipinski definition) is 2. The molecular weight excluding hydrogens is 242 g/mol. The smallest absolute Gasteiger partial charge is 0.307 e. The molecule has 0 aromatic carbocycles. The van der Waals surface area contributed by atoms with E-state index >= 15 is 0 Å². The number of aliphatic carboxylic acids is 1. The van der Waals surface area contributed by atoms with E-state index in [1.54, 1.807) is 0 Å². The third-order valence-corrected chi connectivity index (χ3v) is 4.86. The summed E-state index contributed by atoms with van der Waals surface area (Å²) in [5.41, 5.74) is 0. The maximum Gasteiger partial charge on any atom is 0.307 e. The molecule has 0 unspecified atom stereocenters. The van der Waals surface area contributed by atoms with Crippen molar-refractivity contribution in [2.45, 2.75) is 64.3 Å². The highest BCUT2D eigenvalue weighted by atomic mass is 16.4. The quantitative estimate of drug-likeness (QED) is 0.826. The van der Waals surface area contributed by atoms with Gasteiger partial charge in [-0.05, 0) is 31.6 Å². The van der Waals surface area contributed by atoms with Crippen LogP contribution in [0.2, 0.25) is 0 Å². The van der Waals surface area contributed by atoms with E-state index in [0.29, 0.717) is 12.3 Å². The fraction of sp³-hybridized carbons (Fsp3) is 0.867. The van der Waals surface area contributed by atoms with Gasteiger partial charge in [-0.1, -0.05) is 32.6 Å². The first-order valence-corrected chi connectivity index (χ1v) is 7.62. The first-order valence-electron chi connectivity index (χ1n) is 7.62. The number of amides is 1. The molecule has 1 amide bonds. The van der Waals surface area contributed by atoms with Crippen LogP contribution in [0.25, 0.3) is 0 Å². The summed E-state index contributed by atoms with van der Waals surface area (Å²) in [5.74, 6) is -1.11. The van der Waals surface area contributed by atoms with Crippen molar-refractivity contribution in [1.29, 1.82) is 0 Å². The number of nitrogens with one attached hydrogen (secondary N) is 1. The second-order valence-electron chi connectivity index (χ2n) is 6.21. The lowest BCUT2D eigenvalue weighted by molar-refractivity contribution is -0.149. The highest BCUT2D eigenvalue weighted by molar-refractivity contribution is 5.85. The van der Waals surface area contributed by atoms with Gasteiger partial charge in [0.05, 0.1) is 11.8 Å². The van der Waals surface area contributed by atoms with Gasteiger partial charge < -0.3 is 10.4 Å². The largest absolute Gasteiger partial charge is 0.481 e. The zero-order chi connectivity index (χ0) is 13.8. The Morgan fingerprint density at radius 3 is 2.16 bits per heavy atom. The first kappa shape index (κ1) is 14.4. The van der Waals surface area contributed by atoms with Gasteiger partial charge in [0.2, 0.25) is 5.91 Å². The Hall–Kier alpha value is -1.06. The molecule has 0 bridgehead atoms. The third kappa shape index (κ3) is 3.48. The van der Waals surface area contributed by atoms with E-state index in [-0.39, 0.29) is 17.9 Å². The van der Waals surface area contributed by atoms with Crippen LogP contribution in [0, 0.1) is 17.8 Å². The number of hydrogen-bond acceptors (Lipinski definition) is 2. The van der Waals surface area contributed by atoms with E-state index in [0.717, 1.165) is 32.1 Å². The second kappa shape index (κ2) is 6.40. The summed E-state index contributed by atoms with van der Waals surface area (Å²) in [7, 11) is 0. The normalized spacial score (nSPS) is 35.6. The standard InChI is InChI=1S/C15H25NO3/c1-10-6-2-5-9-13(10)16-14(17)11-7-3-4-8-12(11)15(18)19/h10-13H,2-9H2,1H3,(H,16,17)(H,18,19)/t10-,11-,12+,13-/m1/s1. The number of carboxylic acids is 1. The lowest BCUT2D eigenvalue weighted by Gasteiger charge is -2.33. The van der Waals surface area contributed by atoms with Gasteiger partial charge in [0, 0.05) is 6.04 Å². The molecule has 2 aliphatic rings. The van der Waals surface area contributed by atoms with E-state index in [1.807, 2.05) is 0 Å². The third-order valence-electron chi connectivity index (χ3n) is 4.86. The summed E-state index contributed by atoms with van der Waals surface area (Å²) < 4.78 is 0. The Morgan fingerprint density at radius 2 is 1.53 bits per heavy atom. The molecule has 2 N–H and O–H groups in total.